The first-order chi connectivity index (χ1) is 8.08. The molecule has 0 bridgehead atoms. The van der Waals surface area contributed by atoms with Gasteiger partial charge in [0.2, 0.25) is 0 Å². The number of ether oxygens (including phenoxy) is 2. The van der Waals surface area contributed by atoms with Gasteiger partial charge in [-0.3, -0.25) is 0 Å². The molecule has 0 aliphatic heterocycles. The summed E-state index contributed by atoms with van der Waals surface area (Å²) in [4.78, 5) is 26.5. The molecule has 1 heterocycles. The van der Waals surface area contributed by atoms with Gasteiger partial charge in [-0.05, 0) is 13.8 Å². The Balaban J connectivity index is 2.60. The molecule has 0 aliphatic carbocycles. The van der Waals surface area contributed by atoms with Crippen molar-refractivity contribution in [3.63, 3.8) is 0 Å². The van der Waals surface area contributed by atoms with Gasteiger partial charge in [-0.25, -0.2) is 14.6 Å². The molecule has 7 heteroatoms. The minimum absolute atomic E-state index is 0.219. The fraction of sp³-hybridized carbons (Fsp3) is 0.500. The standard InChI is InChI=1S/C10H14N2O4S/c1-4-16-8(13)6(2)11-10-12-7(5-17-10)9(14)15-3/h5-6H,4H2,1-3H3,(H,11,12). The summed E-state index contributed by atoms with van der Waals surface area (Å²) >= 11 is 1.23. The van der Waals surface area contributed by atoms with Gasteiger partial charge in [0.1, 0.15) is 6.04 Å². The number of nitrogens with one attached hydrogen (secondary N) is 1. The zero-order chi connectivity index (χ0) is 12.8. The first-order valence-corrected chi connectivity index (χ1v) is 5.93. The van der Waals surface area contributed by atoms with Crippen LogP contribution in [0, 0.1) is 0 Å². The van der Waals surface area contributed by atoms with Crippen LogP contribution in [0.2, 0.25) is 0 Å². The smallest absolute Gasteiger partial charge is 0.357 e. The van der Waals surface area contributed by atoms with E-state index in [1.807, 2.05) is 0 Å². The predicted molar refractivity (Wildman–Crippen MR) is 63.2 cm³/mol. The van der Waals surface area contributed by atoms with Gasteiger partial charge in [0.05, 0.1) is 13.7 Å². The number of carbonyl (C=O) groups is 2. The Kier molecular flexibility index (Phi) is 4.89. The van der Waals surface area contributed by atoms with Crippen molar-refractivity contribution in [1.82, 2.24) is 4.98 Å². The number of hydrogen-bond donors (Lipinski definition) is 1. The number of aromatic nitrogens is 1. The Morgan fingerprint density at radius 3 is 2.88 bits per heavy atom. The fourth-order valence-electron chi connectivity index (χ4n) is 1.05. The van der Waals surface area contributed by atoms with E-state index < -0.39 is 12.0 Å². The average molecular weight is 258 g/mol. The first kappa shape index (κ1) is 13.4. The number of anilines is 1. The molecule has 0 fully saturated rings. The molecule has 0 radical (unpaired) electrons. The molecule has 6 nitrogen and oxygen atoms in total. The highest BCUT2D eigenvalue weighted by Gasteiger charge is 2.16. The Hall–Kier alpha value is -1.63. The summed E-state index contributed by atoms with van der Waals surface area (Å²) in [5, 5.41) is 4.89. The van der Waals surface area contributed by atoms with Crippen LogP contribution < -0.4 is 5.32 Å². The van der Waals surface area contributed by atoms with Crippen molar-refractivity contribution >= 4 is 28.4 Å². The molecule has 0 saturated heterocycles. The van der Waals surface area contributed by atoms with Crippen molar-refractivity contribution in [2.24, 2.45) is 0 Å². The van der Waals surface area contributed by atoms with E-state index in [0.29, 0.717) is 11.7 Å². The molecule has 0 amide bonds. The third kappa shape index (κ3) is 3.70. The summed E-state index contributed by atoms with van der Waals surface area (Å²) in [6, 6.07) is -0.508. The molecule has 1 rings (SSSR count). The molecule has 0 aromatic carbocycles. The third-order valence-corrected chi connectivity index (χ3v) is 2.65. The van der Waals surface area contributed by atoms with Crippen molar-refractivity contribution in [3.05, 3.63) is 11.1 Å². The summed E-state index contributed by atoms with van der Waals surface area (Å²) in [5.41, 5.74) is 0.219. The van der Waals surface area contributed by atoms with Crippen LogP contribution in [0.5, 0.6) is 0 Å². The van der Waals surface area contributed by atoms with Crippen molar-refractivity contribution in [1.29, 1.82) is 0 Å². The van der Waals surface area contributed by atoms with Crippen molar-refractivity contribution in [3.8, 4) is 0 Å². The van der Waals surface area contributed by atoms with E-state index in [4.69, 9.17) is 4.74 Å². The number of esters is 2. The maximum atomic E-state index is 11.3. The van der Waals surface area contributed by atoms with Crippen LogP contribution in [0.3, 0.4) is 0 Å². The highest BCUT2D eigenvalue weighted by molar-refractivity contribution is 7.13. The van der Waals surface area contributed by atoms with Crippen LogP contribution in [0.15, 0.2) is 5.38 Å². The van der Waals surface area contributed by atoms with Gasteiger partial charge in [-0.15, -0.1) is 11.3 Å². The van der Waals surface area contributed by atoms with E-state index in [0.717, 1.165) is 0 Å². The van der Waals surface area contributed by atoms with Crippen molar-refractivity contribution < 1.29 is 19.1 Å². The van der Waals surface area contributed by atoms with Gasteiger partial charge in [0.25, 0.3) is 0 Å². The van der Waals surface area contributed by atoms with Crippen molar-refractivity contribution in [2.75, 3.05) is 19.0 Å². The summed E-state index contributed by atoms with van der Waals surface area (Å²) in [5.74, 6) is -0.861. The fourth-order valence-corrected chi connectivity index (χ4v) is 1.82. The molecule has 0 saturated carbocycles. The van der Waals surface area contributed by atoms with E-state index >= 15 is 0 Å². The van der Waals surface area contributed by atoms with Crippen LogP contribution in [-0.2, 0) is 14.3 Å². The zero-order valence-corrected chi connectivity index (χ0v) is 10.7. The second-order valence-electron chi connectivity index (χ2n) is 3.15. The largest absolute Gasteiger partial charge is 0.464 e. The number of methoxy groups -OCH3 is 1. The first-order valence-electron chi connectivity index (χ1n) is 5.05. The minimum Gasteiger partial charge on any atom is -0.464 e. The van der Waals surface area contributed by atoms with E-state index in [9.17, 15) is 9.59 Å². The number of rotatable bonds is 5. The lowest BCUT2D eigenvalue weighted by Crippen LogP contribution is -2.28. The Bertz CT molecular complexity index is 405. The SMILES string of the molecule is CCOC(=O)C(C)Nc1nc(C(=O)OC)cs1. The third-order valence-electron chi connectivity index (χ3n) is 1.88. The van der Waals surface area contributed by atoms with Gasteiger partial charge in [-0.1, -0.05) is 0 Å². The van der Waals surface area contributed by atoms with Crippen LogP contribution >= 0.6 is 11.3 Å². The van der Waals surface area contributed by atoms with E-state index in [-0.39, 0.29) is 11.7 Å². The molecule has 1 aromatic rings. The topological polar surface area (TPSA) is 77.5 Å². The van der Waals surface area contributed by atoms with Crippen LogP contribution in [0.1, 0.15) is 24.3 Å². The van der Waals surface area contributed by atoms with Gasteiger partial charge >= 0.3 is 11.9 Å². The maximum absolute atomic E-state index is 11.3. The number of hydrogen-bond acceptors (Lipinski definition) is 7. The summed E-state index contributed by atoms with van der Waals surface area (Å²) in [7, 11) is 1.29. The van der Waals surface area contributed by atoms with Gasteiger partial charge in [-0.2, -0.15) is 0 Å². The van der Waals surface area contributed by atoms with E-state index in [1.165, 1.54) is 18.4 Å². The number of nitrogens with zero attached hydrogens (tertiary/aromatic N) is 1. The lowest BCUT2D eigenvalue weighted by molar-refractivity contribution is -0.143. The van der Waals surface area contributed by atoms with Crippen molar-refractivity contribution in [2.45, 2.75) is 19.9 Å². The highest BCUT2D eigenvalue weighted by atomic mass is 32.1. The molecule has 94 valence electrons. The summed E-state index contributed by atoms with van der Waals surface area (Å²) < 4.78 is 9.36. The number of thiazole rings is 1. The predicted octanol–water partition coefficient (Wildman–Crippen LogP) is 1.29. The molecule has 0 spiro atoms. The van der Waals surface area contributed by atoms with E-state index in [2.05, 4.69) is 15.0 Å². The Labute approximate surface area is 103 Å². The van der Waals surface area contributed by atoms with Gasteiger partial charge in [0.15, 0.2) is 10.8 Å². The molecule has 1 N–H and O–H groups in total. The summed E-state index contributed by atoms with van der Waals surface area (Å²) in [6.07, 6.45) is 0. The normalized spacial score (nSPS) is 11.7. The zero-order valence-electron chi connectivity index (χ0n) is 9.85. The molecule has 1 atom stereocenters. The molecular weight excluding hydrogens is 244 g/mol. The Morgan fingerprint density at radius 2 is 2.29 bits per heavy atom. The maximum Gasteiger partial charge on any atom is 0.357 e. The van der Waals surface area contributed by atoms with Crippen LogP contribution in [0.25, 0.3) is 0 Å². The minimum atomic E-state index is -0.508. The monoisotopic (exact) mass is 258 g/mol. The molecule has 1 unspecified atom stereocenters. The van der Waals surface area contributed by atoms with E-state index in [1.54, 1.807) is 19.2 Å². The lowest BCUT2D eigenvalue weighted by atomic mass is 10.3. The quantitative estimate of drug-likeness (QED) is 0.802. The second kappa shape index (κ2) is 6.19. The molecule has 17 heavy (non-hydrogen) atoms. The van der Waals surface area contributed by atoms with Gasteiger partial charge in [0, 0.05) is 5.38 Å². The van der Waals surface area contributed by atoms with Gasteiger partial charge < -0.3 is 14.8 Å². The summed E-state index contributed by atoms with van der Waals surface area (Å²) in [6.45, 7) is 3.73. The highest BCUT2D eigenvalue weighted by Crippen LogP contribution is 2.17. The lowest BCUT2D eigenvalue weighted by Gasteiger charge is -2.10. The molecule has 0 aliphatic rings. The molecule has 1 aromatic heterocycles. The average Bonchev–Trinajstić information content (AvgIpc) is 2.76. The molecular formula is C10H14N2O4S. The second-order valence-corrected chi connectivity index (χ2v) is 4.01. The van der Waals surface area contributed by atoms with Crippen LogP contribution in [0.4, 0.5) is 5.13 Å². The Morgan fingerprint density at radius 1 is 1.59 bits per heavy atom. The number of carbonyl (C=O) groups excluding carboxylic acids is 2. The van der Waals surface area contributed by atoms with Crippen LogP contribution in [-0.4, -0.2) is 36.7 Å².